The van der Waals surface area contributed by atoms with Crippen LogP contribution >= 0.6 is 0 Å². The average Bonchev–Trinajstić information content (AvgIpc) is 2.26. The summed E-state index contributed by atoms with van der Waals surface area (Å²) in [6, 6.07) is 9.31. The number of fused-ring (bicyclic) bond motifs is 1. The van der Waals surface area contributed by atoms with E-state index in [0.717, 1.165) is 5.39 Å². The molecule has 0 saturated carbocycles. The van der Waals surface area contributed by atoms with Gasteiger partial charge in [0.15, 0.2) is 0 Å². The molecule has 0 atom stereocenters. The van der Waals surface area contributed by atoms with Gasteiger partial charge in [-0.2, -0.15) is 0 Å². The van der Waals surface area contributed by atoms with Gasteiger partial charge in [0.25, 0.3) is 0 Å². The molecule has 0 saturated heterocycles. The molecule has 0 aromatic heterocycles. The number of ether oxygens (including phenoxy) is 2. The van der Waals surface area contributed by atoms with E-state index in [1.165, 1.54) is 24.3 Å². The maximum atomic E-state index is 10.4. The van der Waals surface area contributed by atoms with Crippen LogP contribution in [0.2, 0.25) is 0 Å². The summed E-state index contributed by atoms with van der Waals surface area (Å²) in [5.74, 6) is 0.310. The lowest BCUT2D eigenvalue weighted by Gasteiger charge is -2.04. The number of hydrogen-bond acceptors (Lipinski definition) is 4. The van der Waals surface area contributed by atoms with Gasteiger partial charge in [0, 0.05) is 0 Å². The topological polar surface area (TPSA) is 93.1 Å². The van der Waals surface area contributed by atoms with E-state index in [1.807, 2.05) is 0 Å². The van der Waals surface area contributed by atoms with Crippen LogP contribution in [0, 0.1) is 0 Å². The van der Waals surface area contributed by atoms with E-state index < -0.39 is 12.3 Å². The quantitative estimate of drug-likeness (QED) is 0.626. The fraction of sp³-hybridized carbons (Fsp3) is 0. The molecule has 2 N–H and O–H groups in total. The Kier molecular flexibility index (Phi) is 3.01. The van der Waals surface area contributed by atoms with Crippen LogP contribution < -0.4 is 9.47 Å². The summed E-state index contributed by atoms with van der Waals surface area (Å²) < 4.78 is 9.01. The van der Waals surface area contributed by atoms with Crippen molar-refractivity contribution < 1.29 is 29.3 Å². The molecule has 0 radical (unpaired) electrons. The molecule has 6 nitrogen and oxygen atoms in total. The summed E-state index contributed by atoms with van der Waals surface area (Å²) in [7, 11) is 0. The Bertz CT molecular complexity index is 568. The number of carboxylic acid groups (broad SMARTS) is 2. The third kappa shape index (κ3) is 2.67. The van der Waals surface area contributed by atoms with E-state index in [1.54, 1.807) is 12.1 Å². The summed E-state index contributed by atoms with van der Waals surface area (Å²) >= 11 is 0. The fourth-order valence-corrected chi connectivity index (χ4v) is 1.53. The standard InChI is InChI=1S/C12H8O6/c13-11(14)17-9-3-1-7-2-4-10(18-12(15)16)6-8(7)5-9/h1-6H,(H,13,14)(H,15,16). The van der Waals surface area contributed by atoms with E-state index in [4.69, 9.17) is 10.2 Å². The molecule has 6 heteroatoms. The Balaban J connectivity index is 2.39. The Labute approximate surface area is 101 Å². The van der Waals surface area contributed by atoms with Crippen molar-refractivity contribution >= 4 is 23.1 Å². The molecule has 0 aliphatic carbocycles. The van der Waals surface area contributed by atoms with Crippen molar-refractivity contribution in [3.05, 3.63) is 36.4 Å². The predicted octanol–water partition coefficient (Wildman–Crippen LogP) is 2.95. The summed E-state index contributed by atoms with van der Waals surface area (Å²) in [4.78, 5) is 20.8. The van der Waals surface area contributed by atoms with Crippen LogP contribution in [-0.4, -0.2) is 22.5 Å². The third-order valence-electron chi connectivity index (χ3n) is 2.19. The van der Waals surface area contributed by atoms with Gasteiger partial charge in [-0.3, -0.25) is 0 Å². The van der Waals surface area contributed by atoms with Crippen LogP contribution in [0.5, 0.6) is 11.5 Å². The molecule has 0 aliphatic rings. The second-order valence-corrected chi connectivity index (χ2v) is 3.41. The zero-order chi connectivity index (χ0) is 13.1. The van der Waals surface area contributed by atoms with E-state index in [-0.39, 0.29) is 11.5 Å². The van der Waals surface area contributed by atoms with Crippen molar-refractivity contribution in [3.63, 3.8) is 0 Å². The van der Waals surface area contributed by atoms with E-state index in [9.17, 15) is 9.59 Å². The normalized spacial score (nSPS) is 10.0. The molecular formula is C12H8O6. The van der Waals surface area contributed by atoms with Gasteiger partial charge in [-0.05, 0) is 35.0 Å². The van der Waals surface area contributed by atoms with Gasteiger partial charge in [0.05, 0.1) is 0 Å². The van der Waals surface area contributed by atoms with Crippen LogP contribution in [0.3, 0.4) is 0 Å². The maximum absolute atomic E-state index is 10.4. The largest absolute Gasteiger partial charge is 0.511 e. The number of carbonyl (C=O) groups is 2. The molecule has 0 fully saturated rings. The van der Waals surface area contributed by atoms with Crippen molar-refractivity contribution in [1.29, 1.82) is 0 Å². The Morgan fingerprint density at radius 2 is 1.22 bits per heavy atom. The first-order valence-corrected chi connectivity index (χ1v) is 4.90. The molecule has 2 aromatic rings. The first kappa shape index (κ1) is 11.7. The van der Waals surface area contributed by atoms with Crippen LogP contribution in [-0.2, 0) is 0 Å². The van der Waals surface area contributed by atoms with E-state index in [0.29, 0.717) is 5.39 Å². The highest BCUT2D eigenvalue weighted by Gasteiger charge is 2.05. The second kappa shape index (κ2) is 4.62. The van der Waals surface area contributed by atoms with Crippen molar-refractivity contribution in [2.45, 2.75) is 0 Å². The Morgan fingerprint density at radius 3 is 1.61 bits per heavy atom. The molecule has 0 unspecified atom stereocenters. The van der Waals surface area contributed by atoms with Crippen molar-refractivity contribution in [3.8, 4) is 11.5 Å². The molecular weight excluding hydrogens is 240 g/mol. The Morgan fingerprint density at radius 1 is 0.778 bits per heavy atom. The van der Waals surface area contributed by atoms with Crippen molar-refractivity contribution in [2.75, 3.05) is 0 Å². The number of benzene rings is 2. The van der Waals surface area contributed by atoms with Crippen molar-refractivity contribution in [1.82, 2.24) is 0 Å². The molecule has 0 spiro atoms. The smallest absolute Gasteiger partial charge is 0.449 e. The maximum Gasteiger partial charge on any atom is 0.511 e. The lowest BCUT2D eigenvalue weighted by molar-refractivity contribution is 0.143. The number of hydrogen-bond donors (Lipinski definition) is 2. The highest BCUT2D eigenvalue weighted by Crippen LogP contribution is 2.25. The lowest BCUT2D eigenvalue weighted by atomic mass is 10.1. The summed E-state index contributed by atoms with van der Waals surface area (Å²) in [6.07, 6.45) is -2.82. The molecule has 92 valence electrons. The Hall–Kier alpha value is -2.76. The molecule has 0 bridgehead atoms. The fourth-order valence-electron chi connectivity index (χ4n) is 1.53. The zero-order valence-electron chi connectivity index (χ0n) is 8.99. The summed E-state index contributed by atoms with van der Waals surface area (Å²) in [5, 5.41) is 18.4. The van der Waals surface area contributed by atoms with E-state index >= 15 is 0 Å². The van der Waals surface area contributed by atoms with Crippen molar-refractivity contribution in [2.24, 2.45) is 0 Å². The first-order chi connectivity index (χ1) is 8.54. The van der Waals surface area contributed by atoms with Crippen LogP contribution in [0.15, 0.2) is 36.4 Å². The van der Waals surface area contributed by atoms with Crippen LogP contribution in [0.25, 0.3) is 10.8 Å². The monoisotopic (exact) mass is 248 g/mol. The van der Waals surface area contributed by atoms with Gasteiger partial charge in [0.1, 0.15) is 11.5 Å². The molecule has 2 aromatic carbocycles. The minimum atomic E-state index is -1.41. The summed E-state index contributed by atoms with van der Waals surface area (Å²) in [6.45, 7) is 0. The molecule has 2 rings (SSSR count). The van der Waals surface area contributed by atoms with Crippen LogP contribution in [0.1, 0.15) is 0 Å². The third-order valence-corrected chi connectivity index (χ3v) is 2.19. The first-order valence-electron chi connectivity index (χ1n) is 4.90. The molecule has 0 amide bonds. The average molecular weight is 248 g/mol. The second-order valence-electron chi connectivity index (χ2n) is 3.41. The minimum Gasteiger partial charge on any atom is -0.449 e. The van der Waals surface area contributed by atoms with Gasteiger partial charge in [-0.15, -0.1) is 0 Å². The molecule has 18 heavy (non-hydrogen) atoms. The van der Waals surface area contributed by atoms with E-state index in [2.05, 4.69) is 9.47 Å². The minimum absolute atomic E-state index is 0.155. The van der Waals surface area contributed by atoms with Gasteiger partial charge in [0.2, 0.25) is 0 Å². The highest BCUT2D eigenvalue weighted by molar-refractivity contribution is 5.86. The lowest BCUT2D eigenvalue weighted by Crippen LogP contribution is -2.03. The SMILES string of the molecule is O=C(O)Oc1ccc2ccc(OC(=O)O)cc2c1. The van der Waals surface area contributed by atoms with Crippen LogP contribution in [0.4, 0.5) is 9.59 Å². The van der Waals surface area contributed by atoms with Gasteiger partial charge < -0.3 is 19.7 Å². The predicted molar refractivity (Wildman–Crippen MR) is 61.3 cm³/mol. The van der Waals surface area contributed by atoms with Gasteiger partial charge in [-0.1, -0.05) is 12.1 Å². The molecule has 0 heterocycles. The van der Waals surface area contributed by atoms with Gasteiger partial charge >= 0.3 is 12.3 Å². The van der Waals surface area contributed by atoms with Gasteiger partial charge in [-0.25, -0.2) is 9.59 Å². The summed E-state index contributed by atoms with van der Waals surface area (Å²) in [5.41, 5.74) is 0. The molecule has 0 aliphatic heterocycles. The highest BCUT2D eigenvalue weighted by atomic mass is 16.7. The zero-order valence-corrected chi connectivity index (χ0v) is 8.99. The number of rotatable bonds is 2.